The maximum Gasteiger partial charge on any atom is 0.127 e. The Hall–Kier alpha value is -0.560. The average Bonchev–Trinajstić information content (AvgIpc) is 1.94. The average molecular weight is 173 g/mol. The minimum absolute atomic E-state index is 0.224. The topological polar surface area (TPSA) is 0 Å². The van der Waals surface area contributed by atoms with Crippen LogP contribution in [0.5, 0.6) is 0 Å². The molecule has 2 heteroatoms. The molecule has 1 aromatic carbocycles. The van der Waals surface area contributed by atoms with Crippen LogP contribution in [0, 0.1) is 12.7 Å². The Kier molecular flexibility index (Phi) is 2.50. The Morgan fingerprint density at radius 2 is 2.09 bits per heavy atom. The minimum Gasteiger partial charge on any atom is -0.207 e. The molecule has 0 heterocycles. The van der Waals surface area contributed by atoms with Crippen molar-refractivity contribution in [2.45, 2.75) is 19.2 Å². The first-order chi connectivity index (χ1) is 5.11. The van der Waals surface area contributed by atoms with E-state index in [-0.39, 0.29) is 11.2 Å². The SMILES string of the molecule is Cc1ccc(F)c(C(C)Cl)c1. The molecule has 0 aliphatic carbocycles. The number of hydrogen-bond acceptors (Lipinski definition) is 0. The normalized spacial score (nSPS) is 13.1. The van der Waals surface area contributed by atoms with Gasteiger partial charge in [0.25, 0.3) is 0 Å². The van der Waals surface area contributed by atoms with Crippen LogP contribution in [0.25, 0.3) is 0 Å². The number of benzene rings is 1. The summed E-state index contributed by atoms with van der Waals surface area (Å²) in [4.78, 5) is 0. The number of rotatable bonds is 1. The quantitative estimate of drug-likeness (QED) is 0.570. The Bertz CT molecular complexity index is 256. The Balaban J connectivity index is 3.13. The molecule has 0 bridgehead atoms. The minimum atomic E-state index is -0.255. The fraction of sp³-hybridized carbons (Fsp3) is 0.333. The van der Waals surface area contributed by atoms with Gasteiger partial charge in [0.15, 0.2) is 0 Å². The molecule has 0 saturated carbocycles. The first-order valence-corrected chi connectivity index (χ1v) is 3.95. The third-order valence-corrected chi connectivity index (χ3v) is 1.82. The van der Waals surface area contributed by atoms with Gasteiger partial charge >= 0.3 is 0 Å². The lowest BCUT2D eigenvalue weighted by Crippen LogP contribution is -1.90. The molecule has 0 fully saturated rings. The summed E-state index contributed by atoms with van der Waals surface area (Å²) in [5.41, 5.74) is 1.61. The second-order valence-corrected chi connectivity index (χ2v) is 3.30. The highest BCUT2D eigenvalue weighted by atomic mass is 35.5. The van der Waals surface area contributed by atoms with Crippen molar-refractivity contribution in [2.75, 3.05) is 0 Å². The summed E-state index contributed by atoms with van der Waals surface area (Å²) >= 11 is 5.74. The van der Waals surface area contributed by atoms with Crippen LogP contribution in [0.4, 0.5) is 4.39 Å². The number of aryl methyl sites for hydroxylation is 1. The fourth-order valence-corrected chi connectivity index (χ4v) is 1.14. The zero-order valence-corrected chi connectivity index (χ0v) is 7.32. The van der Waals surface area contributed by atoms with Crippen molar-refractivity contribution in [3.05, 3.63) is 35.1 Å². The lowest BCUT2D eigenvalue weighted by Gasteiger charge is -2.05. The van der Waals surface area contributed by atoms with E-state index < -0.39 is 0 Å². The summed E-state index contributed by atoms with van der Waals surface area (Å²) in [6.45, 7) is 3.68. The Labute approximate surface area is 71.0 Å². The second-order valence-electron chi connectivity index (χ2n) is 2.64. The van der Waals surface area contributed by atoms with Gasteiger partial charge in [0.05, 0.1) is 5.38 Å². The van der Waals surface area contributed by atoms with Gasteiger partial charge in [-0.05, 0) is 19.9 Å². The van der Waals surface area contributed by atoms with E-state index >= 15 is 0 Å². The second kappa shape index (κ2) is 3.22. The molecule has 0 saturated heterocycles. The standard InChI is InChI=1S/C9H10ClF/c1-6-3-4-9(11)8(5-6)7(2)10/h3-5,7H,1-2H3. The van der Waals surface area contributed by atoms with Gasteiger partial charge in [0.2, 0.25) is 0 Å². The predicted octanol–water partition coefficient (Wildman–Crippen LogP) is 3.43. The number of alkyl halides is 1. The molecule has 0 spiro atoms. The smallest absolute Gasteiger partial charge is 0.127 e. The van der Waals surface area contributed by atoms with Gasteiger partial charge in [-0.3, -0.25) is 0 Å². The lowest BCUT2D eigenvalue weighted by molar-refractivity contribution is 0.609. The Morgan fingerprint density at radius 1 is 1.45 bits per heavy atom. The van der Waals surface area contributed by atoms with Gasteiger partial charge in [-0.2, -0.15) is 0 Å². The molecular formula is C9H10ClF. The van der Waals surface area contributed by atoms with Gasteiger partial charge in [0, 0.05) is 5.56 Å². The summed E-state index contributed by atoms with van der Waals surface area (Å²) in [5, 5.41) is -0.255. The van der Waals surface area contributed by atoms with E-state index in [2.05, 4.69) is 0 Å². The molecule has 0 N–H and O–H groups in total. The molecule has 1 unspecified atom stereocenters. The van der Waals surface area contributed by atoms with E-state index in [1.807, 2.05) is 6.92 Å². The number of hydrogen-bond donors (Lipinski definition) is 0. The van der Waals surface area contributed by atoms with Crippen molar-refractivity contribution in [2.24, 2.45) is 0 Å². The van der Waals surface area contributed by atoms with Crippen molar-refractivity contribution in [1.29, 1.82) is 0 Å². The van der Waals surface area contributed by atoms with Gasteiger partial charge in [-0.1, -0.05) is 17.7 Å². The van der Waals surface area contributed by atoms with Crippen LogP contribution in [-0.2, 0) is 0 Å². The molecule has 0 radical (unpaired) electrons. The highest BCUT2D eigenvalue weighted by Gasteiger charge is 2.06. The summed E-state index contributed by atoms with van der Waals surface area (Å²) in [6.07, 6.45) is 0. The summed E-state index contributed by atoms with van der Waals surface area (Å²) in [7, 11) is 0. The van der Waals surface area contributed by atoms with E-state index in [9.17, 15) is 4.39 Å². The molecule has 1 rings (SSSR count). The highest BCUT2D eigenvalue weighted by molar-refractivity contribution is 6.20. The van der Waals surface area contributed by atoms with Crippen molar-refractivity contribution in [3.8, 4) is 0 Å². The van der Waals surface area contributed by atoms with E-state index in [0.717, 1.165) is 5.56 Å². The molecule has 0 aliphatic rings. The third-order valence-electron chi connectivity index (χ3n) is 1.58. The fourth-order valence-electron chi connectivity index (χ4n) is 0.968. The zero-order valence-electron chi connectivity index (χ0n) is 6.57. The van der Waals surface area contributed by atoms with Crippen LogP contribution in [-0.4, -0.2) is 0 Å². The molecule has 1 atom stereocenters. The molecule has 11 heavy (non-hydrogen) atoms. The van der Waals surface area contributed by atoms with Gasteiger partial charge in [-0.15, -0.1) is 11.6 Å². The third kappa shape index (κ3) is 1.93. The maximum absolute atomic E-state index is 12.9. The first kappa shape index (κ1) is 8.54. The van der Waals surface area contributed by atoms with E-state index in [0.29, 0.717) is 5.56 Å². The van der Waals surface area contributed by atoms with Crippen molar-refractivity contribution < 1.29 is 4.39 Å². The number of halogens is 2. The van der Waals surface area contributed by atoms with E-state index in [1.165, 1.54) is 6.07 Å². The molecule has 0 aromatic heterocycles. The van der Waals surface area contributed by atoms with Crippen LogP contribution < -0.4 is 0 Å². The van der Waals surface area contributed by atoms with Crippen molar-refractivity contribution in [3.63, 3.8) is 0 Å². The van der Waals surface area contributed by atoms with E-state index in [4.69, 9.17) is 11.6 Å². The van der Waals surface area contributed by atoms with E-state index in [1.54, 1.807) is 19.1 Å². The highest BCUT2D eigenvalue weighted by Crippen LogP contribution is 2.22. The molecule has 0 nitrogen and oxygen atoms in total. The van der Waals surface area contributed by atoms with Crippen LogP contribution in [0.2, 0.25) is 0 Å². The van der Waals surface area contributed by atoms with Crippen LogP contribution in [0.1, 0.15) is 23.4 Å². The molecule has 1 aromatic rings. The van der Waals surface area contributed by atoms with Crippen molar-refractivity contribution >= 4 is 11.6 Å². The predicted molar refractivity (Wildman–Crippen MR) is 45.4 cm³/mol. The lowest BCUT2D eigenvalue weighted by atomic mass is 10.1. The van der Waals surface area contributed by atoms with Gasteiger partial charge in [-0.25, -0.2) is 4.39 Å². The molecule has 0 amide bonds. The first-order valence-electron chi connectivity index (χ1n) is 3.51. The summed E-state index contributed by atoms with van der Waals surface area (Å²) < 4.78 is 12.9. The molecule has 0 aliphatic heterocycles. The Morgan fingerprint density at radius 3 is 2.55 bits per heavy atom. The summed E-state index contributed by atoms with van der Waals surface area (Å²) in [6, 6.07) is 4.95. The van der Waals surface area contributed by atoms with Crippen LogP contribution in [0.15, 0.2) is 18.2 Å². The zero-order chi connectivity index (χ0) is 8.43. The maximum atomic E-state index is 12.9. The summed E-state index contributed by atoms with van der Waals surface area (Å²) in [5.74, 6) is -0.224. The van der Waals surface area contributed by atoms with Gasteiger partial charge < -0.3 is 0 Å². The van der Waals surface area contributed by atoms with Crippen molar-refractivity contribution in [1.82, 2.24) is 0 Å². The van der Waals surface area contributed by atoms with Crippen LogP contribution >= 0.6 is 11.6 Å². The van der Waals surface area contributed by atoms with Crippen LogP contribution in [0.3, 0.4) is 0 Å². The molecular weight excluding hydrogens is 163 g/mol. The largest absolute Gasteiger partial charge is 0.207 e. The van der Waals surface area contributed by atoms with Gasteiger partial charge in [0.1, 0.15) is 5.82 Å². The molecule has 60 valence electrons. The monoisotopic (exact) mass is 172 g/mol.